The van der Waals surface area contributed by atoms with Crippen LogP contribution in [-0.4, -0.2) is 46.8 Å². The van der Waals surface area contributed by atoms with Crippen LogP contribution in [0.2, 0.25) is 0 Å². The minimum absolute atomic E-state index is 0.0228. The fourth-order valence-corrected chi connectivity index (χ4v) is 1.99. The van der Waals surface area contributed by atoms with Crippen molar-refractivity contribution >= 4 is 11.7 Å². The summed E-state index contributed by atoms with van der Waals surface area (Å²) in [5.74, 6) is -0.615. The number of ketones is 1. The lowest BCUT2D eigenvalue weighted by Crippen LogP contribution is -2.40. The van der Waals surface area contributed by atoms with Gasteiger partial charge in [0.15, 0.2) is 5.78 Å². The van der Waals surface area contributed by atoms with E-state index < -0.39 is 31.0 Å². The Morgan fingerprint density at radius 2 is 2.29 bits per heavy atom. The van der Waals surface area contributed by atoms with E-state index in [0.29, 0.717) is 5.57 Å². The van der Waals surface area contributed by atoms with Gasteiger partial charge in [-0.3, -0.25) is 14.5 Å². The number of carbonyl (C=O) groups is 2. The number of ether oxygens (including phenoxy) is 1. The molecule has 5 nitrogen and oxygen atoms in total. The second-order valence-electron chi connectivity index (χ2n) is 4.28. The number of rotatable bonds is 2. The molecule has 0 aromatic carbocycles. The van der Waals surface area contributed by atoms with Crippen LogP contribution in [0.25, 0.3) is 0 Å². The highest BCUT2D eigenvalue weighted by atomic mass is 19.1. The number of carbonyl (C=O) groups excluding carboxylic acids is 2. The highest BCUT2D eigenvalue weighted by Gasteiger charge is 2.40. The van der Waals surface area contributed by atoms with Crippen molar-refractivity contribution < 1.29 is 23.8 Å². The monoisotopic (exact) mass is 243 g/mol. The summed E-state index contributed by atoms with van der Waals surface area (Å²) < 4.78 is 18.6. The SMILES string of the molecule is CC1=CN(C2CC(F)C(CO)O2)C(=O)CC1=O. The molecule has 0 aromatic rings. The van der Waals surface area contributed by atoms with E-state index in [1.54, 1.807) is 6.92 Å². The molecule has 0 saturated carbocycles. The van der Waals surface area contributed by atoms with E-state index in [0.717, 1.165) is 0 Å². The zero-order valence-corrected chi connectivity index (χ0v) is 9.43. The first-order chi connectivity index (χ1) is 8.02. The molecule has 2 aliphatic rings. The Morgan fingerprint density at radius 3 is 2.88 bits per heavy atom. The van der Waals surface area contributed by atoms with Crippen LogP contribution in [-0.2, 0) is 14.3 Å². The Hall–Kier alpha value is -1.27. The Kier molecular flexibility index (Phi) is 3.26. The van der Waals surface area contributed by atoms with Gasteiger partial charge < -0.3 is 9.84 Å². The predicted octanol–water partition coefficient (Wildman–Crippen LogP) is 0.137. The number of allylic oxidation sites excluding steroid dienone is 1. The van der Waals surface area contributed by atoms with Gasteiger partial charge in [-0.25, -0.2) is 4.39 Å². The summed E-state index contributed by atoms with van der Waals surface area (Å²) in [6.07, 6.45) is -1.69. The van der Waals surface area contributed by atoms with Gasteiger partial charge in [0.05, 0.1) is 13.0 Å². The molecule has 6 heteroatoms. The Labute approximate surface area is 97.8 Å². The number of aliphatic hydroxyl groups is 1. The zero-order valence-electron chi connectivity index (χ0n) is 9.43. The van der Waals surface area contributed by atoms with Gasteiger partial charge in [-0.15, -0.1) is 0 Å². The minimum atomic E-state index is -1.29. The molecule has 2 aliphatic heterocycles. The molecule has 0 aliphatic carbocycles. The van der Waals surface area contributed by atoms with Crippen molar-refractivity contribution in [2.45, 2.75) is 38.3 Å². The van der Waals surface area contributed by atoms with E-state index in [2.05, 4.69) is 0 Å². The number of halogens is 1. The highest BCUT2D eigenvalue weighted by Crippen LogP contribution is 2.28. The van der Waals surface area contributed by atoms with Gasteiger partial charge in [0.2, 0.25) is 5.91 Å². The van der Waals surface area contributed by atoms with Crippen LogP contribution in [0.3, 0.4) is 0 Å². The van der Waals surface area contributed by atoms with Gasteiger partial charge >= 0.3 is 0 Å². The second-order valence-corrected chi connectivity index (χ2v) is 4.28. The molecule has 0 aromatic heterocycles. The van der Waals surface area contributed by atoms with Gasteiger partial charge in [-0.1, -0.05) is 0 Å². The van der Waals surface area contributed by atoms with Crippen LogP contribution >= 0.6 is 0 Å². The minimum Gasteiger partial charge on any atom is -0.394 e. The molecule has 0 bridgehead atoms. The van der Waals surface area contributed by atoms with Crippen LogP contribution in [0, 0.1) is 0 Å². The standard InChI is InChI=1S/C11H14FNO4/c1-6-4-13(10(16)3-8(6)15)11-2-7(12)9(5-14)17-11/h4,7,9,11,14H,2-3,5H2,1H3. The number of Topliss-reactive ketones (excluding diaryl/α,β-unsaturated/α-hetero) is 1. The van der Waals surface area contributed by atoms with Crippen molar-refractivity contribution in [2.24, 2.45) is 0 Å². The van der Waals surface area contributed by atoms with E-state index in [-0.39, 0.29) is 18.6 Å². The Balaban J connectivity index is 2.13. The van der Waals surface area contributed by atoms with Crippen molar-refractivity contribution in [1.29, 1.82) is 0 Å². The normalized spacial score (nSPS) is 34.2. The number of aliphatic hydroxyl groups excluding tert-OH is 1. The molecule has 17 heavy (non-hydrogen) atoms. The Bertz CT molecular complexity index is 382. The lowest BCUT2D eigenvalue weighted by molar-refractivity contribution is -0.144. The lowest BCUT2D eigenvalue weighted by Gasteiger charge is -2.28. The van der Waals surface area contributed by atoms with E-state index in [4.69, 9.17) is 9.84 Å². The Morgan fingerprint density at radius 1 is 1.59 bits per heavy atom. The molecular formula is C11H14FNO4. The summed E-state index contributed by atoms with van der Waals surface area (Å²) in [4.78, 5) is 24.2. The van der Waals surface area contributed by atoms with Gasteiger partial charge in [-0.2, -0.15) is 0 Å². The quantitative estimate of drug-likeness (QED) is 0.700. The fourth-order valence-electron chi connectivity index (χ4n) is 1.99. The molecule has 1 amide bonds. The average molecular weight is 243 g/mol. The molecular weight excluding hydrogens is 229 g/mol. The predicted molar refractivity (Wildman–Crippen MR) is 55.5 cm³/mol. The van der Waals surface area contributed by atoms with Gasteiger partial charge in [-0.05, 0) is 6.92 Å². The van der Waals surface area contributed by atoms with Crippen molar-refractivity contribution in [3.8, 4) is 0 Å². The van der Waals surface area contributed by atoms with Crippen LogP contribution in [0.5, 0.6) is 0 Å². The third-order valence-corrected chi connectivity index (χ3v) is 3.02. The largest absolute Gasteiger partial charge is 0.394 e. The topological polar surface area (TPSA) is 66.8 Å². The summed E-state index contributed by atoms with van der Waals surface area (Å²) in [5.41, 5.74) is 0.455. The van der Waals surface area contributed by atoms with Crippen molar-refractivity contribution in [3.63, 3.8) is 0 Å². The average Bonchev–Trinajstić information content (AvgIpc) is 2.65. The number of hydrogen-bond donors (Lipinski definition) is 1. The first-order valence-corrected chi connectivity index (χ1v) is 5.46. The van der Waals surface area contributed by atoms with E-state index >= 15 is 0 Å². The van der Waals surface area contributed by atoms with Crippen LogP contribution in [0.1, 0.15) is 19.8 Å². The second kappa shape index (κ2) is 4.54. The van der Waals surface area contributed by atoms with Gasteiger partial charge in [0, 0.05) is 18.2 Å². The summed E-state index contributed by atoms with van der Waals surface area (Å²) in [5, 5.41) is 8.87. The molecule has 0 spiro atoms. The maximum Gasteiger partial charge on any atom is 0.236 e. The molecule has 3 unspecified atom stereocenters. The first-order valence-electron chi connectivity index (χ1n) is 5.46. The van der Waals surface area contributed by atoms with E-state index in [1.165, 1.54) is 11.1 Å². The maximum absolute atomic E-state index is 13.4. The molecule has 2 rings (SSSR count). The number of hydrogen-bond acceptors (Lipinski definition) is 4. The van der Waals surface area contributed by atoms with E-state index in [1.807, 2.05) is 0 Å². The molecule has 1 saturated heterocycles. The molecule has 94 valence electrons. The summed E-state index contributed by atoms with van der Waals surface area (Å²) in [7, 11) is 0. The van der Waals surface area contributed by atoms with Crippen molar-refractivity contribution in [1.82, 2.24) is 4.90 Å². The molecule has 0 radical (unpaired) electrons. The molecule has 3 atom stereocenters. The van der Waals surface area contributed by atoms with Gasteiger partial charge in [0.1, 0.15) is 18.5 Å². The zero-order chi connectivity index (χ0) is 12.6. The number of amides is 1. The maximum atomic E-state index is 13.4. The number of alkyl halides is 1. The third kappa shape index (κ3) is 2.23. The highest BCUT2D eigenvalue weighted by molar-refractivity contribution is 6.09. The summed E-state index contributed by atoms with van der Waals surface area (Å²) >= 11 is 0. The summed E-state index contributed by atoms with van der Waals surface area (Å²) in [6, 6.07) is 0. The first kappa shape index (κ1) is 12.2. The van der Waals surface area contributed by atoms with Gasteiger partial charge in [0.25, 0.3) is 0 Å². The molecule has 1 N–H and O–H groups in total. The lowest BCUT2D eigenvalue weighted by atomic mass is 10.1. The molecule has 1 fully saturated rings. The van der Waals surface area contributed by atoms with Crippen LogP contribution < -0.4 is 0 Å². The van der Waals surface area contributed by atoms with Crippen molar-refractivity contribution in [2.75, 3.05) is 6.61 Å². The third-order valence-electron chi connectivity index (χ3n) is 3.02. The summed E-state index contributed by atoms with van der Waals surface area (Å²) in [6.45, 7) is 1.19. The number of nitrogens with zero attached hydrogens (tertiary/aromatic N) is 1. The van der Waals surface area contributed by atoms with Crippen LogP contribution in [0.15, 0.2) is 11.8 Å². The van der Waals surface area contributed by atoms with Crippen LogP contribution in [0.4, 0.5) is 4.39 Å². The van der Waals surface area contributed by atoms with E-state index in [9.17, 15) is 14.0 Å². The molecule has 2 heterocycles. The van der Waals surface area contributed by atoms with Crippen molar-refractivity contribution in [3.05, 3.63) is 11.8 Å². The smallest absolute Gasteiger partial charge is 0.236 e. The fraction of sp³-hybridized carbons (Fsp3) is 0.636.